The standard InChI is InChI=1S/C23H22F3N3O3/c24-23(25,26)17-7-4-8-18(15-17)27-11-13-28(14-12-27)22(32)21(16-5-2-1-3-6-16)29-19(30)9-10-20(29)31/h1-8,15,21H,9-14H2/t21-/m1/s1. The first-order valence-electron chi connectivity index (χ1n) is 10.4. The van der Waals surface area contributed by atoms with Gasteiger partial charge in [-0.05, 0) is 23.8 Å². The fourth-order valence-electron chi connectivity index (χ4n) is 4.16. The van der Waals surface area contributed by atoms with Crippen molar-refractivity contribution in [3.8, 4) is 0 Å². The van der Waals surface area contributed by atoms with Gasteiger partial charge >= 0.3 is 6.18 Å². The normalized spacial score (nSPS) is 18.3. The van der Waals surface area contributed by atoms with Crippen molar-refractivity contribution in [2.24, 2.45) is 0 Å². The molecule has 0 N–H and O–H groups in total. The van der Waals surface area contributed by atoms with Crippen LogP contribution >= 0.6 is 0 Å². The Labute approximate surface area is 183 Å². The molecule has 0 bridgehead atoms. The number of carbonyl (C=O) groups is 3. The molecule has 0 spiro atoms. The summed E-state index contributed by atoms with van der Waals surface area (Å²) in [6.45, 7) is 1.23. The minimum Gasteiger partial charge on any atom is -0.368 e. The van der Waals surface area contributed by atoms with Crippen LogP contribution in [-0.4, -0.2) is 53.7 Å². The monoisotopic (exact) mass is 445 g/mol. The van der Waals surface area contributed by atoms with Crippen molar-refractivity contribution in [3.63, 3.8) is 0 Å². The second kappa shape index (κ2) is 8.64. The van der Waals surface area contributed by atoms with Gasteiger partial charge in [0.2, 0.25) is 11.8 Å². The summed E-state index contributed by atoms with van der Waals surface area (Å²) in [6, 6.07) is 12.8. The van der Waals surface area contributed by atoms with E-state index in [9.17, 15) is 27.6 Å². The van der Waals surface area contributed by atoms with E-state index in [1.807, 2.05) is 0 Å². The molecule has 2 fully saturated rings. The Balaban J connectivity index is 1.51. The topological polar surface area (TPSA) is 60.9 Å². The van der Waals surface area contributed by atoms with Crippen LogP contribution in [0, 0.1) is 0 Å². The number of imide groups is 1. The van der Waals surface area contributed by atoms with E-state index in [0.29, 0.717) is 24.3 Å². The second-order valence-electron chi connectivity index (χ2n) is 7.83. The van der Waals surface area contributed by atoms with Crippen LogP contribution in [0.25, 0.3) is 0 Å². The van der Waals surface area contributed by atoms with E-state index in [1.54, 1.807) is 46.2 Å². The third kappa shape index (κ3) is 4.32. The minimum absolute atomic E-state index is 0.0821. The number of carbonyl (C=O) groups excluding carboxylic acids is 3. The first-order valence-corrected chi connectivity index (χ1v) is 10.4. The van der Waals surface area contributed by atoms with Crippen LogP contribution < -0.4 is 4.90 Å². The van der Waals surface area contributed by atoms with Crippen molar-refractivity contribution in [1.82, 2.24) is 9.80 Å². The Hall–Kier alpha value is -3.36. The predicted octanol–water partition coefficient (Wildman–Crippen LogP) is 3.24. The van der Waals surface area contributed by atoms with Gasteiger partial charge in [0.15, 0.2) is 0 Å². The molecule has 9 heteroatoms. The second-order valence-corrected chi connectivity index (χ2v) is 7.83. The van der Waals surface area contributed by atoms with Crippen LogP contribution in [0.1, 0.15) is 30.0 Å². The lowest BCUT2D eigenvalue weighted by Crippen LogP contribution is -2.53. The molecule has 6 nitrogen and oxygen atoms in total. The van der Waals surface area contributed by atoms with Crippen molar-refractivity contribution in [3.05, 3.63) is 65.7 Å². The highest BCUT2D eigenvalue weighted by Gasteiger charge is 2.42. The average molecular weight is 445 g/mol. The first-order chi connectivity index (χ1) is 15.3. The average Bonchev–Trinajstić information content (AvgIpc) is 3.12. The van der Waals surface area contributed by atoms with Gasteiger partial charge in [-0.2, -0.15) is 13.2 Å². The third-order valence-electron chi connectivity index (χ3n) is 5.83. The molecule has 2 heterocycles. The van der Waals surface area contributed by atoms with E-state index in [1.165, 1.54) is 6.07 Å². The highest BCUT2D eigenvalue weighted by Crippen LogP contribution is 2.33. The summed E-state index contributed by atoms with van der Waals surface area (Å²) in [5.41, 5.74) is 0.279. The molecule has 32 heavy (non-hydrogen) atoms. The van der Waals surface area contributed by atoms with Crippen LogP contribution in [0.3, 0.4) is 0 Å². The Morgan fingerprint density at radius 3 is 2.06 bits per heavy atom. The number of halogens is 3. The maximum absolute atomic E-state index is 13.4. The lowest BCUT2D eigenvalue weighted by atomic mass is 10.0. The van der Waals surface area contributed by atoms with Crippen molar-refractivity contribution in [2.75, 3.05) is 31.1 Å². The highest BCUT2D eigenvalue weighted by molar-refractivity contribution is 6.05. The summed E-state index contributed by atoms with van der Waals surface area (Å²) < 4.78 is 39.1. The Kier molecular flexibility index (Phi) is 5.90. The Bertz CT molecular complexity index is 1000. The zero-order valence-electron chi connectivity index (χ0n) is 17.2. The van der Waals surface area contributed by atoms with E-state index < -0.39 is 17.8 Å². The number of nitrogens with zero attached hydrogens (tertiary/aromatic N) is 3. The van der Waals surface area contributed by atoms with Gasteiger partial charge in [-0.3, -0.25) is 19.3 Å². The zero-order chi connectivity index (χ0) is 22.9. The largest absolute Gasteiger partial charge is 0.416 e. The summed E-state index contributed by atoms with van der Waals surface area (Å²) >= 11 is 0. The van der Waals surface area contributed by atoms with E-state index >= 15 is 0 Å². The molecule has 2 aromatic rings. The summed E-state index contributed by atoms with van der Waals surface area (Å²) in [6.07, 6.45) is -4.26. The molecule has 2 aliphatic rings. The van der Waals surface area contributed by atoms with Gasteiger partial charge in [0, 0.05) is 44.7 Å². The number of anilines is 1. The predicted molar refractivity (Wildman–Crippen MR) is 111 cm³/mol. The van der Waals surface area contributed by atoms with E-state index in [-0.39, 0.29) is 43.7 Å². The van der Waals surface area contributed by atoms with Crippen molar-refractivity contribution < 1.29 is 27.6 Å². The molecule has 4 rings (SSSR count). The fourth-order valence-corrected chi connectivity index (χ4v) is 4.16. The van der Waals surface area contributed by atoms with Gasteiger partial charge in [0.05, 0.1) is 5.56 Å². The molecule has 0 saturated carbocycles. The van der Waals surface area contributed by atoms with Crippen LogP contribution in [0.4, 0.5) is 18.9 Å². The van der Waals surface area contributed by atoms with Crippen LogP contribution in [0.2, 0.25) is 0 Å². The van der Waals surface area contributed by atoms with Crippen LogP contribution in [-0.2, 0) is 20.6 Å². The molecule has 1 atom stereocenters. The fraction of sp³-hybridized carbons (Fsp3) is 0.348. The lowest BCUT2D eigenvalue weighted by Gasteiger charge is -2.39. The number of likely N-dealkylation sites (tertiary alicyclic amines) is 1. The maximum Gasteiger partial charge on any atom is 0.416 e. The molecule has 3 amide bonds. The number of piperazine rings is 1. The number of hydrogen-bond donors (Lipinski definition) is 0. The molecule has 0 radical (unpaired) electrons. The highest BCUT2D eigenvalue weighted by atomic mass is 19.4. The van der Waals surface area contributed by atoms with Gasteiger partial charge in [-0.15, -0.1) is 0 Å². The summed E-state index contributed by atoms with van der Waals surface area (Å²) in [5.74, 6) is -1.11. The molecule has 2 aromatic carbocycles. The number of alkyl halides is 3. The number of hydrogen-bond acceptors (Lipinski definition) is 4. The van der Waals surface area contributed by atoms with Gasteiger partial charge in [0.1, 0.15) is 6.04 Å². The molecule has 0 aromatic heterocycles. The van der Waals surface area contributed by atoms with Gasteiger partial charge < -0.3 is 9.80 Å². The summed E-state index contributed by atoms with van der Waals surface area (Å²) in [4.78, 5) is 42.6. The van der Waals surface area contributed by atoms with Gasteiger partial charge in [-0.25, -0.2) is 0 Å². The van der Waals surface area contributed by atoms with Crippen molar-refractivity contribution >= 4 is 23.4 Å². The smallest absolute Gasteiger partial charge is 0.368 e. The molecule has 0 unspecified atom stereocenters. The number of rotatable bonds is 4. The van der Waals surface area contributed by atoms with Crippen LogP contribution in [0.5, 0.6) is 0 Å². The van der Waals surface area contributed by atoms with E-state index in [0.717, 1.165) is 17.0 Å². The number of amides is 3. The Morgan fingerprint density at radius 2 is 1.47 bits per heavy atom. The molecule has 2 saturated heterocycles. The van der Waals surface area contributed by atoms with E-state index in [4.69, 9.17) is 0 Å². The van der Waals surface area contributed by atoms with E-state index in [2.05, 4.69) is 0 Å². The third-order valence-corrected chi connectivity index (χ3v) is 5.83. The van der Waals surface area contributed by atoms with Gasteiger partial charge in [-0.1, -0.05) is 36.4 Å². The molecular formula is C23H22F3N3O3. The summed E-state index contributed by atoms with van der Waals surface area (Å²) in [7, 11) is 0. The Morgan fingerprint density at radius 1 is 0.844 bits per heavy atom. The van der Waals surface area contributed by atoms with Crippen molar-refractivity contribution in [1.29, 1.82) is 0 Å². The first kappa shape index (κ1) is 21.9. The molecule has 0 aliphatic carbocycles. The molecule has 168 valence electrons. The molecular weight excluding hydrogens is 423 g/mol. The quantitative estimate of drug-likeness (QED) is 0.678. The minimum atomic E-state index is -4.43. The lowest BCUT2D eigenvalue weighted by molar-refractivity contribution is -0.151. The zero-order valence-corrected chi connectivity index (χ0v) is 17.2. The van der Waals surface area contributed by atoms with Crippen LogP contribution in [0.15, 0.2) is 54.6 Å². The number of benzene rings is 2. The molecule has 2 aliphatic heterocycles. The SMILES string of the molecule is O=C([C@@H](c1ccccc1)N1C(=O)CCC1=O)N1CCN(c2cccc(C(F)(F)F)c2)CC1. The van der Waals surface area contributed by atoms with Gasteiger partial charge in [0.25, 0.3) is 5.91 Å². The van der Waals surface area contributed by atoms with Crippen molar-refractivity contribution in [2.45, 2.75) is 25.1 Å². The maximum atomic E-state index is 13.4. The summed E-state index contributed by atoms with van der Waals surface area (Å²) in [5, 5.41) is 0.